The second-order valence-corrected chi connectivity index (χ2v) is 4.25. The van der Waals surface area contributed by atoms with Gasteiger partial charge in [-0.25, -0.2) is 4.99 Å². The Morgan fingerprint density at radius 3 is 2.29 bits per heavy atom. The SMILES string of the molecule is Cc1cc(C(C)C)oc(=NC(C)C)c1. The van der Waals surface area contributed by atoms with Crippen molar-refractivity contribution in [1.82, 2.24) is 0 Å². The molecule has 0 aliphatic rings. The predicted octanol–water partition coefficient (Wildman–Crippen LogP) is 3.02. The topological polar surface area (TPSA) is 25.5 Å². The van der Waals surface area contributed by atoms with Gasteiger partial charge in [0.15, 0.2) is 0 Å². The fraction of sp³-hybridized carbons (Fsp3) is 0.583. The Kier molecular flexibility index (Phi) is 3.50. The molecule has 1 aromatic heterocycles. The molecule has 14 heavy (non-hydrogen) atoms. The summed E-state index contributed by atoms with van der Waals surface area (Å²) in [5.74, 6) is 1.42. The van der Waals surface area contributed by atoms with Crippen molar-refractivity contribution in [3.63, 3.8) is 0 Å². The highest BCUT2D eigenvalue weighted by atomic mass is 16.3. The van der Waals surface area contributed by atoms with Gasteiger partial charge in [-0.2, -0.15) is 0 Å². The second-order valence-electron chi connectivity index (χ2n) is 4.25. The van der Waals surface area contributed by atoms with Crippen LogP contribution < -0.4 is 5.55 Å². The Morgan fingerprint density at radius 2 is 1.79 bits per heavy atom. The molecule has 0 N–H and O–H groups in total. The average Bonchev–Trinajstić information content (AvgIpc) is 2.01. The maximum Gasteiger partial charge on any atom is 0.214 e. The molecule has 0 aliphatic carbocycles. The van der Waals surface area contributed by atoms with E-state index >= 15 is 0 Å². The molecule has 1 aromatic rings. The number of nitrogens with zero attached hydrogens (tertiary/aromatic N) is 1. The van der Waals surface area contributed by atoms with Gasteiger partial charge in [-0.3, -0.25) is 0 Å². The van der Waals surface area contributed by atoms with Gasteiger partial charge in [0, 0.05) is 18.0 Å². The molecule has 0 atom stereocenters. The summed E-state index contributed by atoms with van der Waals surface area (Å²) in [6, 6.07) is 4.33. The first-order chi connectivity index (χ1) is 6.49. The first-order valence-corrected chi connectivity index (χ1v) is 5.14. The molecule has 1 rings (SSSR count). The minimum absolute atomic E-state index is 0.278. The third kappa shape index (κ3) is 3.02. The zero-order chi connectivity index (χ0) is 10.7. The maximum atomic E-state index is 5.66. The summed E-state index contributed by atoms with van der Waals surface area (Å²) >= 11 is 0. The van der Waals surface area contributed by atoms with Gasteiger partial charge >= 0.3 is 0 Å². The van der Waals surface area contributed by atoms with Gasteiger partial charge in [-0.15, -0.1) is 0 Å². The third-order valence-corrected chi connectivity index (χ3v) is 1.90. The molecule has 0 spiro atoms. The molecule has 0 saturated carbocycles. The summed E-state index contributed by atoms with van der Waals surface area (Å²) in [6.45, 7) is 10.4. The smallest absolute Gasteiger partial charge is 0.214 e. The molecule has 0 amide bonds. The lowest BCUT2D eigenvalue weighted by atomic mass is 10.1. The van der Waals surface area contributed by atoms with Gasteiger partial charge in [-0.05, 0) is 32.4 Å². The van der Waals surface area contributed by atoms with Crippen molar-refractivity contribution in [2.75, 3.05) is 0 Å². The maximum absolute atomic E-state index is 5.66. The third-order valence-electron chi connectivity index (χ3n) is 1.90. The molecule has 0 saturated heterocycles. The van der Waals surface area contributed by atoms with E-state index in [4.69, 9.17) is 4.42 Å². The summed E-state index contributed by atoms with van der Waals surface area (Å²) in [4.78, 5) is 4.40. The fourth-order valence-electron chi connectivity index (χ4n) is 1.24. The lowest BCUT2D eigenvalue weighted by Gasteiger charge is -2.05. The van der Waals surface area contributed by atoms with Crippen LogP contribution in [-0.4, -0.2) is 6.04 Å². The van der Waals surface area contributed by atoms with E-state index in [-0.39, 0.29) is 6.04 Å². The Hall–Kier alpha value is -1.05. The number of rotatable bonds is 2. The molecule has 2 nitrogen and oxygen atoms in total. The van der Waals surface area contributed by atoms with Crippen LogP contribution in [0, 0.1) is 6.92 Å². The minimum atomic E-state index is 0.278. The molecular formula is C12H19NO. The molecule has 1 heterocycles. The van der Waals surface area contributed by atoms with E-state index in [0.29, 0.717) is 5.92 Å². The van der Waals surface area contributed by atoms with Gasteiger partial charge < -0.3 is 4.42 Å². The molecule has 78 valence electrons. The van der Waals surface area contributed by atoms with E-state index in [1.807, 2.05) is 19.9 Å². The van der Waals surface area contributed by atoms with E-state index in [1.54, 1.807) is 0 Å². The molecule has 2 heteroatoms. The molecule has 0 aliphatic heterocycles. The first kappa shape index (κ1) is 11.0. The predicted molar refractivity (Wildman–Crippen MR) is 58.2 cm³/mol. The largest absolute Gasteiger partial charge is 0.443 e. The average molecular weight is 193 g/mol. The highest BCUT2D eigenvalue weighted by Gasteiger charge is 2.02. The van der Waals surface area contributed by atoms with Crippen LogP contribution in [0.5, 0.6) is 0 Å². The Bertz CT molecular complexity index is 361. The molecule has 0 bridgehead atoms. The van der Waals surface area contributed by atoms with E-state index in [0.717, 1.165) is 11.3 Å². The lowest BCUT2D eigenvalue weighted by Crippen LogP contribution is -2.08. The molecule has 0 fully saturated rings. The summed E-state index contributed by atoms with van der Waals surface area (Å²) < 4.78 is 5.66. The first-order valence-electron chi connectivity index (χ1n) is 5.14. The molecule has 0 aromatic carbocycles. The van der Waals surface area contributed by atoms with Gasteiger partial charge in [0.1, 0.15) is 5.76 Å². The van der Waals surface area contributed by atoms with Crippen LogP contribution in [0.2, 0.25) is 0 Å². The van der Waals surface area contributed by atoms with Crippen molar-refractivity contribution >= 4 is 0 Å². The monoisotopic (exact) mass is 193 g/mol. The molecule has 0 radical (unpaired) electrons. The van der Waals surface area contributed by atoms with E-state index in [2.05, 4.69) is 31.8 Å². The summed E-state index contributed by atoms with van der Waals surface area (Å²) in [7, 11) is 0. The minimum Gasteiger partial charge on any atom is -0.443 e. The Labute approximate surface area is 85.7 Å². The van der Waals surface area contributed by atoms with Crippen molar-refractivity contribution in [3.8, 4) is 0 Å². The van der Waals surface area contributed by atoms with Crippen LogP contribution >= 0.6 is 0 Å². The fourth-order valence-corrected chi connectivity index (χ4v) is 1.24. The molecule has 0 unspecified atom stereocenters. The van der Waals surface area contributed by atoms with Crippen LogP contribution in [0.4, 0.5) is 0 Å². The van der Waals surface area contributed by atoms with Crippen LogP contribution in [0.15, 0.2) is 21.5 Å². The van der Waals surface area contributed by atoms with Gasteiger partial charge in [-0.1, -0.05) is 13.8 Å². The standard InChI is InChI=1S/C12H19NO/c1-8(2)11-6-10(5)7-12(14-11)13-9(3)4/h6-9H,1-5H3. The highest BCUT2D eigenvalue weighted by molar-refractivity contribution is 5.13. The van der Waals surface area contributed by atoms with Crippen molar-refractivity contribution in [2.45, 2.75) is 46.6 Å². The van der Waals surface area contributed by atoms with Crippen LogP contribution in [0.3, 0.4) is 0 Å². The zero-order valence-electron chi connectivity index (χ0n) is 9.66. The van der Waals surface area contributed by atoms with Crippen molar-refractivity contribution in [1.29, 1.82) is 0 Å². The summed E-state index contributed by atoms with van der Waals surface area (Å²) in [5.41, 5.74) is 1.95. The molecular weight excluding hydrogens is 174 g/mol. The number of aryl methyl sites for hydroxylation is 1. The van der Waals surface area contributed by atoms with E-state index in [1.165, 1.54) is 5.56 Å². The summed E-state index contributed by atoms with van der Waals surface area (Å²) in [5, 5.41) is 0. The lowest BCUT2D eigenvalue weighted by molar-refractivity contribution is 0.419. The van der Waals surface area contributed by atoms with Crippen molar-refractivity contribution in [2.24, 2.45) is 4.99 Å². The highest BCUT2D eigenvalue weighted by Crippen LogP contribution is 2.12. The summed E-state index contributed by atoms with van der Waals surface area (Å²) in [6.07, 6.45) is 0. The van der Waals surface area contributed by atoms with Crippen LogP contribution in [0.1, 0.15) is 44.9 Å². The Balaban J connectivity index is 3.20. The van der Waals surface area contributed by atoms with Crippen molar-refractivity contribution in [3.05, 3.63) is 29.0 Å². The van der Waals surface area contributed by atoms with E-state index < -0.39 is 0 Å². The van der Waals surface area contributed by atoms with Gasteiger partial charge in [0.05, 0.1) is 0 Å². The Morgan fingerprint density at radius 1 is 1.14 bits per heavy atom. The number of hydrogen-bond acceptors (Lipinski definition) is 2. The van der Waals surface area contributed by atoms with E-state index in [9.17, 15) is 0 Å². The quantitative estimate of drug-likeness (QED) is 0.708. The normalized spacial score (nSPS) is 12.9. The zero-order valence-corrected chi connectivity index (χ0v) is 9.66. The van der Waals surface area contributed by atoms with Crippen LogP contribution in [-0.2, 0) is 0 Å². The van der Waals surface area contributed by atoms with Crippen molar-refractivity contribution < 1.29 is 4.42 Å². The second kappa shape index (κ2) is 4.45. The number of hydrogen-bond donors (Lipinski definition) is 0. The van der Waals surface area contributed by atoms with Crippen LogP contribution in [0.25, 0.3) is 0 Å². The van der Waals surface area contributed by atoms with Gasteiger partial charge in [0.25, 0.3) is 0 Å². The van der Waals surface area contributed by atoms with Gasteiger partial charge in [0.2, 0.25) is 5.55 Å².